The Bertz CT molecular complexity index is 550. The summed E-state index contributed by atoms with van der Waals surface area (Å²) in [7, 11) is 1.70. The van der Waals surface area contributed by atoms with Gasteiger partial charge in [-0.1, -0.05) is 6.07 Å². The summed E-state index contributed by atoms with van der Waals surface area (Å²) in [6.45, 7) is 3.62. The minimum Gasteiger partial charge on any atom is -0.385 e. The Kier molecular flexibility index (Phi) is 7.34. The van der Waals surface area contributed by atoms with E-state index in [2.05, 4.69) is 10.2 Å². The molecule has 1 fully saturated rings. The molecule has 1 heterocycles. The summed E-state index contributed by atoms with van der Waals surface area (Å²) in [4.78, 5) is 14.3. The fourth-order valence-corrected chi connectivity index (χ4v) is 2.81. The highest BCUT2D eigenvalue weighted by atomic mass is 19.1. The van der Waals surface area contributed by atoms with Crippen LogP contribution in [0.5, 0.6) is 0 Å². The number of benzene rings is 1. The summed E-state index contributed by atoms with van der Waals surface area (Å²) in [6, 6.07) is 3.73. The van der Waals surface area contributed by atoms with Crippen LogP contribution in [-0.4, -0.2) is 50.2 Å². The van der Waals surface area contributed by atoms with Gasteiger partial charge in [0.25, 0.3) is 0 Å². The number of piperidine rings is 1. The number of nitrogens with one attached hydrogen (secondary N) is 1. The summed E-state index contributed by atoms with van der Waals surface area (Å²) in [6.07, 6.45) is 5.12. The lowest BCUT2D eigenvalue weighted by atomic mass is 10.0. The maximum atomic E-state index is 13.5. The molecular formula is C18H24F2N2O2. The molecule has 1 aliphatic rings. The molecule has 0 aliphatic carbocycles. The number of carbonyl (C=O) groups is 1. The Hall–Kier alpha value is -1.79. The number of methoxy groups -OCH3 is 1. The van der Waals surface area contributed by atoms with Gasteiger partial charge < -0.3 is 15.0 Å². The van der Waals surface area contributed by atoms with E-state index in [1.165, 1.54) is 30.4 Å². The van der Waals surface area contributed by atoms with E-state index in [4.69, 9.17) is 4.74 Å². The molecule has 1 saturated heterocycles. The van der Waals surface area contributed by atoms with Crippen LogP contribution in [0.15, 0.2) is 24.3 Å². The number of halogens is 2. The van der Waals surface area contributed by atoms with Crippen LogP contribution in [0.2, 0.25) is 0 Å². The highest BCUT2D eigenvalue weighted by Crippen LogP contribution is 2.14. The van der Waals surface area contributed by atoms with Crippen molar-refractivity contribution >= 4 is 12.0 Å². The number of ether oxygens (including phenoxy) is 1. The predicted octanol–water partition coefficient (Wildman–Crippen LogP) is 2.60. The van der Waals surface area contributed by atoms with E-state index < -0.39 is 11.6 Å². The third-order valence-electron chi connectivity index (χ3n) is 4.16. The molecule has 1 amide bonds. The van der Waals surface area contributed by atoms with Crippen LogP contribution in [-0.2, 0) is 9.53 Å². The molecule has 24 heavy (non-hydrogen) atoms. The molecule has 1 aromatic carbocycles. The first kappa shape index (κ1) is 18.5. The number of nitrogens with zero attached hydrogens (tertiary/aromatic N) is 1. The number of amides is 1. The van der Waals surface area contributed by atoms with Crippen molar-refractivity contribution in [2.45, 2.75) is 25.3 Å². The minimum atomic E-state index is -0.677. The molecule has 0 saturated carbocycles. The number of hydrogen-bond donors (Lipinski definition) is 1. The first-order valence-electron chi connectivity index (χ1n) is 8.24. The SMILES string of the molecule is COCCCN1CCC(NC(=O)/C=C\c2c(F)cccc2F)CC1. The lowest BCUT2D eigenvalue weighted by molar-refractivity contribution is -0.117. The Morgan fingerprint density at radius 1 is 1.33 bits per heavy atom. The Morgan fingerprint density at radius 2 is 2.00 bits per heavy atom. The van der Waals surface area contributed by atoms with Crippen molar-refractivity contribution < 1.29 is 18.3 Å². The van der Waals surface area contributed by atoms with E-state index >= 15 is 0 Å². The van der Waals surface area contributed by atoms with E-state index in [9.17, 15) is 13.6 Å². The lowest BCUT2D eigenvalue weighted by Crippen LogP contribution is -2.44. The summed E-state index contributed by atoms with van der Waals surface area (Å²) in [5.41, 5.74) is -0.194. The molecule has 0 atom stereocenters. The molecule has 0 spiro atoms. The molecule has 0 aromatic heterocycles. The second kappa shape index (κ2) is 9.49. The van der Waals surface area contributed by atoms with Crippen LogP contribution in [0.25, 0.3) is 6.08 Å². The van der Waals surface area contributed by atoms with Crippen LogP contribution < -0.4 is 5.32 Å². The van der Waals surface area contributed by atoms with Crippen molar-refractivity contribution in [1.82, 2.24) is 10.2 Å². The van der Waals surface area contributed by atoms with Crippen molar-refractivity contribution in [3.05, 3.63) is 41.5 Å². The van der Waals surface area contributed by atoms with E-state index in [0.29, 0.717) is 0 Å². The molecule has 1 N–H and O–H groups in total. The average Bonchev–Trinajstić information content (AvgIpc) is 2.56. The van der Waals surface area contributed by atoms with Gasteiger partial charge in [-0.15, -0.1) is 0 Å². The number of likely N-dealkylation sites (tertiary alicyclic amines) is 1. The van der Waals surface area contributed by atoms with E-state index in [-0.39, 0.29) is 17.5 Å². The number of carbonyl (C=O) groups excluding carboxylic acids is 1. The molecule has 0 unspecified atom stereocenters. The van der Waals surface area contributed by atoms with Crippen LogP contribution in [0.1, 0.15) is 24.8 Å². The summed E-state index contributed by atoms with van der Waals surface area (Å²) in [5, 5.41) is 2.89. The highest BCUT2D eigenvalue weighted by Gasteiger charge is 2.19. The van der Waals surface area contributed by atoms with Gasteiger partial charge in [-0.3, -0.25) is 4.79 Å². The largest absolute Gasteiger partial charge is 0.385 e. The highest BCUT2D eigenvalue weighted by molar-refractivity contribution is 5.91. The minimum absolute atomic E-state index is 0.103. The second-order valence-electron chi connectivity index (χ2n) is 5.94. The average molecular weight is 338 g/mol. The molecule has 132 valence electrons. The third kappa shape index (κ3) is 5.69. The van der Waals surface area contributed by atoms with Crippen molar-refractivity contribution in [2.24, 2.45) is 0 Å². The molecule has 1 aromatic rings. The van der Waals surface area contributed by atoms with Gasteiger partial charge in [-0.2, -0.15) is 0 Å². The topological polar surface area (TPSA) is 41.6 Å². The first-order chi connectivity index (χ1) is 11.6. The molecule has 1 aliphatic heterocycles. The summed E-state index contributed by atoms with van der Waals surface area (Å²) in [5.74, 6) is -1.68. The quantitative estimate of drug-likeness (QED) is 0.614. The van der Waals surface area contributed by atoms with E-state index in [1.807, 2.05) is 0 Å². The van der Waals surface area contributed by atoms with Crippen molar-refractivity contribution in [1.29, 1.82) is 0 Å². The fraction of sp³-hybridized carbons (Fsp3) is 0.500. The van der Waals surface area contributed by atoms with Gasteiger partial charge in [0.15, 0.2) is 0 Å². The lowest BCUT2D eigenvalue weighted by Gasteiger charge is -2.32. The molecule has 0 bridgehead atoms. The Labute approximate surface area is 141 Å². The summed E-state index contributed by atoms with van der Waals surface area (Å²) >= 11 is 0. The van der Waals surface area contributed by atoms with Crippen LogP contribution in [0, 0.1) is 11.6 Å². The van der Waals surface area contributed by atoms with Crippen molar-refractivity contribution in [2.75, 3.05) is 33.4 Å². The van der Waals surface area contributed by atoms with Crippen LogP contribution in [0.4, 0.5) is 8.78 Å². The molecule has 6 heteroatoms. The zero-order chi connectivity index (χ0) is 17.4. The van der Waals surface area contributed by atoms with Gasteiger partial charge in [0.05, 0.1) is 0 Å². The maximum absolute atomic E-state index is 13.5. The molecule has 4 nitrogen and oxygen atoms in total. The van der Waals surface area contributed by atoms with Crippen LogP contribution >= 0.6 is 0 Å². The van der Waals surface area contributed by atoms with Gasteiger partial charge in [0.1, 0.15) is 11.6 Å². The van der Waals surface area contributed by atoms with E-state index in [1.54, 1.807) is 7.11 Å². The monoisotopic (exact) mass is 338 g/mol. The normalized spacial score (nSPS) is 16.6. The molecular weight excluding hydrogens is 314 g/mol. The van der Waals surface area contributed by atoms with Gasteiger partial charge in [0, 0.05) is 51.0 Å². The van der Waals surface area contributed by atoms with E-state index in [0.717, 1.165) is 45.5 Å². The third-order valence-corrected chi connectivity index (χ3v) is 4.16. The van der Waals surface area contributed by atoms with Gasteiger partial charge in [-0.05, 0) is 37.5 Å². The van der Waals surface area contributed by atoms with Crippen molar-refractivity contribution in [3.63, 3.8) is 0 Å². The molecule has 0 radical (unpaired) electrons. The van der Waals surface area contributed by atoms with Crippen LogP contribution in [0.3, 0.4) is 0 Å². The Balaban J connectivity index is 1.76. The Morgan fingerprint density at radius 3 is 2.62 bits per heavy atom. The zero-order valence-electron chi connectivity index (χ0n) is 13.9. The second-order valence-corrected chi connectivity index (χ2v) is 5.94. The predicted molar refractivity (Wildman–Crippen MR) is 89.5 cm³/mol. The molecule has 2 rings (SSSR count). The first-order valence-corrected chi connectivity index (χ1v) is 8.24. The van der Waals surface area contributed by atoms with Gasteiger partial charge in [-0.25, -0.2) is 8.78 Å². The standard InChI is InChI=1S/C18H24F2N2O2/c1-24-13-3-10-22-11-8-14(9-12-22)21-18(23)7-6-15-16(19)4-2-5-17(15)20/h2,4-7,14H,3,8-13H2,1H3,(H,21,23)/b7-6-. The zero-order valence-corrected chi connectivity index (χ0v) is 13.9. The number of hydrogen-bond acceptors (Lipinski definition) is 3. The smallest absolute Gasteiger partial charge is 0.244 e. The fourth-order valence-electron chi connectivity index (χ4n) is 2.81. The maximum Gasteiger partial charge on any atom is 0.244 e. The number of rotatable bonds is 7. The van der Waals surface area contributed by atoms with Crippen molar-refractivity contribution in [3.8, 4) is 0 Å². The van der Waals surface area contributed by atoms with Gasteiger partial charge in [0.2, 0.25) is 5.91 Å². The summed E-state index contributed by atoms with van der Waals surface area (Å²) < 4.78 is 32.0. The van der Waals surface area contributed by atoms with Gasteiger partial charge >= 0.3 is 0 Å².